The summed E-state index contributed by atoms with van der Waals surface area (Å²) in [7, 11) is 1.65. The summed E-state index contributed by atoms with van der Waals surface area (Å²) in [6.45, 7) is 5.23. The summed E-state index contributed by atoms with van der Waals surface area (Å²) in [5.41, 5.74) is 0.747. The fourth-order valence-corrected chi connectivity index (χ4v) is 4.49. The zero-order chi connectivity index (χ0) is 16.4. The van der Waals surface area contributed by atoms with Crippen molar-refractivity contribution in [1.82, 2.24) is 9.88 Å². The van der Waals surface area contributed by atoms with Crippen molar-refractivity contribution in [2.75, 3.05) is 13.7 Å². The van der Waals surface area contributed by atoms with Crippen LogP contribution in [0, 0.1) is 5.41 Å². The van der Waals surface area contributed by atoms with E-state index >= 15 is 0 Å². The Labute approximate surface area is 138 Å². The van der Waals surface area contributed by atoms with Gasteiger partial charge in [-0.3, -0.25) is 9.69 Å². The SMILES string of the molecule is CCOC(=O)[C@]1(CC)C[C@@H]2CC[C@H]1N2Cc1cccnc1OC. The Morgan fingerprint density at radius 3 is 2.96 bits per heavy atom. The Hall–Kier alpha value is -1.62. The van der Waals surface area contributed by atoms with Crippen LogP contribution in [0.3, 0.4) is 0 Å². The molecule has 3 rings (SSSR count). The molecule has 3 atom stereocenters. The molecule has 2 bridgehead atoms. The van der Waals surface area contributed by atoms with E-state index in [9.17, 15) is 4.79 Å². The molecule has 126 valence electrons. The van der Waals surface area contributed by atoms with Crippen molar-refractivity contribution in [2.45, 2.75) is 58.2 Å². The molecule has 5 nitrogen and oxygen atoms in total. The van der Waals surface area contributed by atoms with Crippen LogP contribution in [0.2, 0.25) is 0 Å². The number of carbonyl (C=O) groups is 1. The fourth-order valence-electron chi connectivity index (χ4n) is 4.49. The van der Waals surface area contributed by atoms with Crippen LogP contribution in [0.5, 0.6) is 5.88 Å². The van der Waals surface area contributed by atoms with Crippen molar-refractivity contribution >= 4 is 5.97 Å². The molecule has 0 saturated carbocycles. The molecule has 23 heavy (non-hydrogen) atoms. The van der Waals surface area contributed by atoms with Crippen LogP contribution in [-0.2, 0) is 16.1 Å². The van der Waals surface area contributed by atoms with Gasteiger partial charge in [-0.25, -0.2) is 4.98 Å². The van der Waals surface area contributed by atoms with Crippen LogP contribution in [0.15, 0.2) is 18.3 Å². The van der Waals surface area contributed by atoms with Crippen LogP contribution in [0.4, 0.5) is 0 Å². The number of esters is 1. The Balaban J connectivity index is 1.84. The minimum atomic E-state index is -0.339. The van der Waals surface area contributed by atoms with E-state index in [1.54, 1.807) is 13.3 Å². The molecule has 2 saturated heterocycles. The highest BCUT2D eigenvalue weighted by Crippen LogP contribution is 2.53. The van der Waals surface area contributed by atoms with Crippen LogP contribution < -0.4 is 4.74 Å². The predicted molar refractivity (Wildman–Crippen MR) is 87.1 cm³/mol. The van der Waals surface area contributed by atoms with Gasteiger partial charge in [-0.05, 0) is 38.7 Å². The molecule has 0 radical (unpaired) electrons. The second-order valence-corrected chi connectivity index (χ2v) is 6.53. The monoisotopic (exact) mass is 318 g/mol. The maximum absolute atomic E-state index is 12.6. The summed E-state index contributed by atoms with van der Waals surface area (Å²) in [6.07, 6.45) is 5.73. The number of rotatable bonds is 6. The van der Waals surface area contributed by atoms with E-state index in [1.165, 1.54) is 0 Å². The molecule has 2 aliphatic heterocycles. The average Bonchev–Trinajstić information content (AvgIpc) is 3.10. The zero-order valence-corrected chi connectivity index (χ0v) is 14.2. The molecule has 0 aliphatic carbocycles. The van der Waals surface area contributed by atoms with E-state index in [2.05, 4.69) is 22.9 Å². The molecule has 2 aliphatic rings. The minimum absolute atomic E-state index is 0.0159. The number of fused-ring (bicyclic) bond motifs is 2. The largest absolute Gasteiger partial charge is 0.481 e. The van der Waals surface area contributed by atoms with Gasteiger partial charge in [-0.1, -0.05) is 13.0 Å². The first kappa shape index (κ1) is 16.2. The van der Waals surface area contributed by atoms with Crippen LogP contribution in [0.1, 0.15) is 45.1 Å². The van der Waals surface area contributed by atoms with Crippen molar-refractivity contribution in [3.05, 3.63) is 23.9 Å². The molecule has 0 amide bonds. The highest BCUT2D eigenvalue weighted by molar-refractivity contribution is 5.78. The van der Waals surface area contributed by atoms with E-state index in [1.807, 2.05) is 13.0 Å². The first-order chi connectivity index (χ1) is 11.2. The molecule has 3 heterocycles. The quantitative estimate of drug-likeness (QED) is 0.755. The second-order valence-electron chi connectivity index (χ2n) is 6.53. The molecule has 0 N–H and O–H groups in total. The van der Waals surface area contributed by atoms with Gasteiger partial charge in [-0.2, -0.15) is 0 Å². The van der Waals surface area contributed by atoms with Crippen molar-refractivity contribution in [3.8, 4) is 5.88 Å². The molecule has 0 unspecified atom stereocenters. The molecule has 1 aromatic rings. The van der Waals surface area contributed by atoms with Gasteiger partial charge in [0.05, 0.1) is 19.1 Å². The summed E-state index contributed by atoms with van der Waals surface area (Å²) in [6, 6.07) is 4.71. The number of ether oxygens (including phenoxy) is 2. The maximum atomic E-state index is 12.6. The van der Waals surface area contributed by atoms with Gasteiger partial charge in [0.1, 0.15) is 0 Å². The average molecular weight is 318 g/mol. The Kier molecular flexibility index (Phi) is 4.57. The third-order valence-corrected chi connectivity index (χ3v) is 5.59. The van der Waals surface area contributed by atoms with E-state index < -0.39 is 0 Å². The highest BCUT2D eigenvalue weighted by atomic mass is 16.5. The van der Waals surface area contributed by atoms with Crippen LogP contribution >= 0.6 is 0 Å². The topological polar surface area (TPSA) is 51.7 Å². The highest BCUT2D eigenvalue weighted by Gasteiger charge is 2.59. The van der Waals surface area contributed by atoms with E-state index in [0.717, 1.165) is 37.8 Å². The third-order valence-electron chi connectivity index (χ3n) is 5.59. The van der Waals surface area contributed by atoms with Gasteiger partial charge >= 0.3 is 5.97 Å². The lowest BCUT2D eigenvalue weighted by Gasteiger charge is -2.34. The zero-order valence-electron chi connectivity index (χ0n) is 14.2. The number of carbonyl (C=O) groups excluding carboxylic acids is 1. The summed E-state index contributed by atoms with van der Waals surface area (Å²) in [5.74, 6) is 0.662. The lowest BCUT2D eigenvalue weighted by Crippen LogP contribution is -2.44. The van der Waals surface area contributed by atoms with E-state index in [-0.39, 0.29) is 17.4 Å². The lowest BCUT2D eigenvalue weighted by atomic mass is 9.72. The molecule has 2 fully saturated rings. The minimum Gasteiger partial charge on any atom is -0.481 e. The molecule has 1 aromatic heterocycles. The molecule has 0 aromatic carbocycles. The second kappa shape index (κ2) is 6.48. The van der Waals surface area contributed by atoms with Crippen molar-refractivity contribution in [1.29, 1.82) is 0 Å². The Bertz CT molecular complexity index is 577. The van der Waals surface area contributed by atoms with Crippen LogP contribution in [-0.4, -0.2) is 41.7 Å². The number of nitrogens with zero attached hydrogens (tertiary/aromatic N) is 2. The Morgan fingerprint density at radius 2 is 2.26 bits per heavy atom. The summed E-state index contributed by atoms with van der Waals surface area (Å²) < 4.78 is 10.8. The standard InChI is InChI=1S/C18H26N2O3/c1-4-18(17(21)23-5-2)11-14-8-9-15(18)20(14)12-13-7-6-10-19-16(13)22-3/h6-7,10,14-15H,4-5,8-9,11-12H2,1-3H3/t14-,15+,18+/m0/s1. The van der Waals surface area contributed by atoms with Crippen molar-refractivity contribution in [3.63, 3.8) is 0 Å². The van der Waals surface area contributed by atoms with Crippen LogP contribution in [0.25, 0.3) is 0 Å². The predicted octanol–water partition coefficient (Wildman–Crippen LogP) is 2.79. The smallest absolute Gasteiger partial charge is 0.313 e. The normalized spacial score (nSPS) is 29.7. The summed E-state index contributed by atoms with van der Waals surface area (Å²) in [4.78, 5) is 19.4. The summed E-state index contributed by atoms with van der Waals surface area (Å²) in [5, 5.41) is 0. The number of pyridine rings is 1. The van der Waals surface area contributed by atoms with Crippen molar-refractivity contribution in [2.24, 2.45) is 5.41 Å². The van der Waals surface area contributed by atoms with Gasteiger partial charge in [0.15, 0.2) is 0 Å². The van der Waals surface area contributed by atoms with Gasteiger partial charge in [0.2, 0.25) is 5.88 Å². The third kappa shape index (κ3) is 2.61. The number of methoxy groups -OCH3 is 1. The maximum Gasteiger partial charge on any atom is 0.313 e. The first-order valence-electron chi connectivity index (χ1n) is 8.57. The molecular weight excluding hydrogens is 292 g/mol. The Morgan fingerprint density at radius 1 is 1.43 bits per heavy atom. The van der Waals surface area contributed by atoms with Gasteiger partial charge in [-0.15, -0.1) is 0 Å². The van der Waals surface area contributed by atoms with Gasteiger partial charge < -0.3 is 9.47 Å². The van der Waals surface area contributed by atoms with Crippen molar-refractivity contribution < 1.29 is 14.3 Å². The van der Waals surface area contributed by atoms with Gasteiger partial charge in [0, 0.05) is 30.4 Å². The van der Waals surface area contributed by atoms with E-state index in [0.29, 0.717) is 18.5 Å². The number of hydrogen-bond donors (Lipinski definition) is 0. The molecule has 0 spiro atoms. The van der Waals surface area contributed by atoms with E-state index in [4.69, 9.17) is 9.47 Å². The molecular formula is C18H26N2O3. The lowest BCUT2D eigenvalue weighted by molar-refractivity contribution is -0.157. The fraction of sp³-hybridized carbons (Fsp3) is 0.667. The first-order valence-corrected chi connectivity index (χ1v) is 8.57. The summed E-state index contributed by atoms with van der Waals surface area (Å²) >= 11 is 0. The molecule has 5 heteroatoms. The van der Waals surface area contributed by atoms with Gasteiger partial charge in [0.25, 0.3) is 0 Å². The number of hydrogen-bond acceptors (Lipinski definition) is 5. The number of aromatic nitrogens is 1.